The first-order valence-electron chi connectivity index (χ1n) is 5.49. The molecule has 17 heavy (non-hydrogen) atoms. The average Bonchev–Trinajstić information content (AvgIpc) is 2.64. The Bertz CT molecular complexity index is 563. The van der Waals surface area contributed by atoms with Crippen molar-refractivity contribution in [3.05, 3.63) is 28.6 Å². The number of hydrogen-bond acceptors (Lipinski definition) is 3. The minimum atomic E-state index is -0.376. The first-order chi connectivity index (χ1) is 8.19. The molecule has 0 unspecified atom stereocenters. The van der Waals surface area contributed by atoms with Crippen molar-refractivity contribution in [2.24, 2.45) is 0 Å². The van der Waals surface area contributed by atoms with Crippen LogP contribution >= 0.6 is 15.9 Å². The van der Waals surface area contributed by atoms with Crippen LogP contribution < -0.4 is 0 Å². The van der Waals surface area contributed by atoms with E-state index < -0.39 is 0 Å². The monoisotopic (exact) mass is 296 g/mol. The van der Waals surface area contributed by atoms with Gasteiger partial charge in [-0.05, 0) is 41.9 Å². The van der Waals surface area contributed by atoms with E-state index in [2.05, 4.69) is 20.9 Å². The highest BCUT2D eigenvalue weighted by atomic mass is 79.9. The average molecular weight is 297 g/mol. The van der Waals surface area contributed by atoms with Crippen molar-refractivity contribution in [2.45, 2.75) is 20.4 Å². The van der Waals surface area contributed by atoms with Gasteiger partial charge in [-0.15, -0.1) is 0 Å². The fourth-order valence-electron chi connectivity index (χ4n) is 1.84. The summed E-state index contributed by atoms with van der Waals surface area (Å²) in [6.45, 7) is 4.92. The Hall–Kier alpha value is -1.36. The molecule has 0 spiro atoms. The van der Waals surface area contributed by atoms with Crippen molar-refractivity contribution in [1.82, 2.24) is 9.55 Å². The SMILES string of the molecule is CCOC(=O)c1nccc2cc(Br)n(CC)c12. The van der Waals surface area contributed by atoms with E-state index in [9.17, 15) is 4.79 Å². The first kappa shape index (κ1) is 12.1. The maximum atomic E-state index is 11.8. The lowest BCUT2D eigenvalue weighted by molar-refractivity contribution is 0.0521. The highest BCUT2D eigenvalue weighted by Gasteiger charge is 2.17. The summed E-state index contributed by atoms with van der Waals surface area (Å²) in [6, 6.07) is 3.86. The van der Waals surface area contributed by atoms with Crippen LogP contribution in [0.2, 0.25) is 0 Å². The topological polar surface area (TPSA) is 44.1 Å². The van der Waals surface area contributed by atoms with Crippen molar-refractivity contribution < 1.29 is 9.53 Å². The summed E-state index contributed by atoms with van der Waals surface area (Å²) in [5, 5.41) is 0.983. The molecule has 2 aromatic heterocycles. The minimum Gasteiger partial charge on any atom is -0.461 e. The number of carbonyl (C=O) groups is 1. The molecule has 0 N–H and O–H groups in total. The number of carbonyl (C=O) groups excluding carboxylic acids is 1. The lowest BCUT2D eigenvalue weighted by Crippen LogP contribution is -2.09. The molecule has 0 fully saturated rings. The van der Waals surface area contributed by atoms with Crippen molar-refractivity contribution in [2.75, 3.05) is 6.61 Å². The van der Waals surface area contributed by atoms with Gasteiger partial charge in [0, 0.05) is 18.1 Å². The van der Waals surface area contributed by atoms with Crippen LogP contribution in [0.4, 0.5) is 0 Å². The van der Waals surface area contributed by atoms with Gasteiger partial charge in [-0.3, -0.25) is 0 Å². The maximum Gasteiger partial charge on any atom is 0.359 e. The fourth-order valence-corrected chi connectivity index (χ4v) is 2.51. The third kappa shape index (κ3) is 2.07. The van der Waals surface area contributed by atoms with Crippen LogP contribution in [0.25, 0.3) is 10.9 Å². The van der Waals surface area contributed by atoms with Gasteiger partial charge >= 0.3 is 5.97 Å². The number of aryl methyl sites for hydroxylation is 1. The Morgan fingerprint density at radius 2 is 2.29 bits per heavy atom. The number of nitrogens with zero attached hydrogens (tertiary/aromatic N) is 2. The summed E-state index contributed by atoms with van der Waals surface area (Å²) in [5.74, 6) is -0.376. The summed E-state index contributed by atoms with van der Waals surface area (Å²) in [7, 11) is 0. The van der Waals surface area contributed by atoms with Gasteiger partial charge in [0.05, 0.1) is 16.7 Å². The number of pyridine rings is 1. The lowest BCUT2D eigenvalue weighted by atomic mass is 10.2. The molecule has 0 saturated carbocycles. The summed E-state index contributed by atoms with van der Waals surface area (Å²) in [6.07, 6.45) is 1.63. The Morgan fingerprint density at radius 1 is 1.53 bits per heavy atom. The molecular weight excluding hydrogens is 284 g/mol. The molecule has 0 atom stereocenters. The lowest BCUT2D eigenvalue weighted by Gasteiger charge is -2.07. The van der Waals surface area contributed by atoms with Gasteiger partial charge < -0.3 is 9.30 Å². The molecule has 0 aliphatic heterocycles. The Morgan fingerprint density at radius 3 is 2.94 bits per heavy atom. The van der Waals surface area contributed by atoms with Crippen LogP contribution in [-0.2, 0) is 11.3 Å². The second kappa shape index (κ2) is 4.87. The van der Waals surface area contributed by atoms with E-state index in [1.165, 1.54) is 0 Å². The van der Waals surface area contributed by atoms with Gasteiger partial charge in [0.2, 0.25) is 0 Å². The molecule has 0 aliphatic carbocycles. The van der Waals surface area contributed by atoms with E-state index in [1.54, 1.807) is 13.1 Å². The van der Waals surface area contributed by atoms with Gasteiger partial charge in [0.1, 0.15) is 0 Å². The van der Waals surface area contributed by atoms with Gasteiger partial charge in [0.15, 0.2) is 5.69 Å². The van der Waals surface area contributed by atoms with Crippen LogP contribution in [0.5, 0.6) is 0 Å². The van der Waals surface area contributed by atoms with Gasteiger partial charge in [-0.2, -0.15) is 0 Å². The summed E-state index contributed by atoms with van der Waals surface area (Å²) >= 11 is 3.48. The second-order valence-electron chi connectivity index (χ2n) is 3.53. The highest BCUT2D eigenvalue weighted by Crippen LogP contribution is 2.26. The van der Waals surface area contributed by atoms with E-state index in [0.29, 0.717) is 12.3 Å². The van der Waals surface area contributed by atoms with E-state index in [-0.39, 0.29) is 5.97 Å². The van der Waals surface area contributed by atoms with Crippen molar-refractivity contribution >= 4 is 32.8 Å². The van der Waals surface area contributed by atoms with Gasteiger partial charge in [-0.25, -0.2) is 9.78 Å². The Balaban J connectivity index is 2.66. The van der Waals surface area contributed by atoms with Crippen LogP contribution in [0, 0.1) is 0 Å². The summed E-state index contributed by atoms with van der Waals surface area (Å²) in [5.41, 5.74) is 1.19. The van der Waals surface area contributed by atoms with E-state index in [1.807, 2.05) is 23.6 Å². The van der Waals surface area contributed by atoms with Gasteiger partial charge in [-0.1, -0.05) is 0 Å². The molecule has 0 bridgehead atoms. The van der Waals surface area contributed by atoms with Gasteiger partial charge in [0.25, 0.3) is 0 Å². The predicted molar refractivity (Wildman–Crippen MR) is 69.1 cm³/mol. The molecule has 0 aromatic carbocycles. The Kier molecular flexibility index (Phi) is 3.47. The summed E-state index contributed by atoms with van der Waals surface area (Å²) < 4.78 is 7.95. The largest absolute Gasteiger partial charge is 0.461 e. The zero-order valence-electron chi connectivity index (χ0n) is 9.74. The standard InChI is InChI=1S/C12H13BrN2O2/c1-3-15-9(13)7-8-5-6-14-10(11(8)15)12(16)17-4-2/h5-7H,3-4H2,1-2H3. The normalized spacial score (nSPS) is 10.8. The minimum absolute atomic E-state index is 0.352. The number of fused-ring (bicyclic) bond motifs is 1. The summed E-state index contributed by atoms with van der Waals surface area (Å²) in [4.78, 5) is 16.0. The highest BCUT2D eigenvalue weighted by molar-refractivity contribution is 9.10. The molecule has 2 heterocycles. The second-order valence-corrected chi connectivity index (χ2v) is 4.34. The third-order valence-electron chi connectivity index (χ3n) is 2.54. The molecule has 0 saturated heterocycles. The number of rotatable bonds is 3. The zero-order chi connectivity index (χ0) is 12.4. The number of aromatic nitrogens is 2. The molecule has 0 radical (unpaired) electrons. The van der Waals surface area contributed by atoms with E-state index in [4.69, 9.17) is 4.74 Å². The zero-order valence-corrected chi connectivity index (χ0v) is 11.3. The quantitative estimate of drug-likeness (QED) is 0.818. The predicted octanol–water partition coefficient (Wildman–Crippen LogP) is 3.00. The third-order valence-corrected chi connectivity index (χ3v) is 3.20. The fraction of sp³-hybridized carbons (Fsp3) is 0.333. The molecule has 0 amide bonds. The van der Waals surface area contributed by atoms with E-state index >= 15 is 0 Å². The van der Waals surface area contributed by atoms with Crippen LogP contribution in [0.3, 0.4) is 0 Å². The molecule has 0 aliphatic rings. The van der Waals surface area contributed by atoms with Crippen LogP contribution in [0.15, 0.2) is 22.9 Å². The van der Waals surface area contributed by atoms with Crippen molar-refractivity contribution in [1.29, 1.82) is 0 Å². The molecule has 2 rings (SSSR count). The van der Waals surface area contributed by atoms with E-state index in [0.717, 1.165) is 22.1 Å². The molecule has 5 heteroatoms. The smallest absolute Gasteiger partial charge is 0.359 e. The number of esters is 1. The van der Waals surface area contributed by atoms with Crippen molar-refractivity contribution in [3.8, 4) is 0 Å². The number of ether oxygens (including phenoxy) is 1. The van der Waals surface area contributed by atoms with Crippen LogP contribution in [-0.4, -0.2) is 22.1 Å². The molecule has 90 valence electrons. The molecule has 2 aromatic rings. The number of halogens is 1. The maximum absolute atomic E-state index is 11.8. The van der Waals surface area contributed by atoms with Crippen LogP contribution in [0.1, 0.15) is 24.3 Å². The first-order valence-corrected chi connectivity index (χ1v) is 6.29. The Labute approximate surface area is 108 Å². The van der Waals surface area contributed by atoms with Crippen molar-refractivity contribution in [3.63, 3.8) is 0 Å². The molecular formula is C12H13BrN2O2. The molecule has 4 nitrogen and oxygen atoms in total. The number of hydrogen-bond donors (Lipinski definition) is 0.